The van der Waals surface area contributed by atoms with E-state index in [4.69, 9.17) is 20.9 Å². The second-order valence-electron chi connectivity index (χ2n) is 9.89. The minimum atomic E-state index is -4.46. The van der Waals surface area contributed by atoms with Crippen molar-refractivity contribution in [3.05, 3.63) is 33.4 Å². The number of aliphatic hydroxyl groups is 4. The number of ether oxygens (including phenoxy) is 2. The zero-order chi connectivity index (χ0) is 30.8. The number of nitrogens with two attached hydrogens (primary N) is 2. The van der Waals surface area contributed by atoms with Crippen LogP contribution in [0.2, 0.25) is 0 Å². The molecular formula is C20H27N12O10S+. The highest BCUT2D eigenvalue weighted by Gasteiger charge is 2.49. The van der Waals surface area contributed by atoms with E-state index < -0.39 is 83.5 Å². The molecule has 2 aliphatic heterocycles. The monoisotopic (exact) mass is 627 g/mol. The molecule has 0 aromatic carbocycles. The number of hydrogen-bond acceptors (Lipinski definition) is 15. The van der Waals surface area contributed by atoms with Crippen molar-refractivity contribution in [2.45, 2.75) is 49.0 Å². The summed E-state index contributed by atoms with van der Waals surface area (Å²) in [5.74, 6) is -0.432. The standard InChI is InChI=1S/C20H26N12O10S/c21-19-26-13-8(15(37)28-19)23-3-31(13)17-11(35)7(6(2-33)42-17)30-43(39,40)25-1-5-10(34)12(36)18(41-5)32-4-24-9-14(32)27-20(22)29-16(9)38/h3-7,10-12,17-18,25,30,33-36H,1-2H2,(H6,21,22,26,27,28,29,37,38)/p+1. The molecule has 43 heavy (non-hydrogen) atoms. The van der Waals surface area contributed by atoms with Gasteiger partial charge < -0.3 is 41.4 Å². The van der Waals surface area contributed by atoms with E-state index in [9.17, 15) is 38.4 Å². The van der Waals surface area contributed by atoms with E-state index in [0.717, 1.165) is 6.33 Å². The number of hydrogen-bond donors (Lipinski definition) is 11. The van der Waals surface area contributed by atoms with Gasteiger partial charge in [0, 0.05) is 6.54 Å². The van der Waals surface area contributed by atoms with Crippen LogP contribution >= 0.6 is 0 Å². The Morgan fingerprint density at radius 3 is 2.49 bits per heavy atom. The van der Waals surface area contributed by atoms with Crippen LogP contribution in [0.1, 0.15) is 12.5 Å². The van der Waals surface area contributed by atoms with Gasteiger partial charge >= 0.3 is 5.65 Å². The van der Waals surface area contributed by atoms with Crippen LogP contribution in [0, 0.1) is 0 Å². The van der Waals surface area contributed by atoms with Gasteiger partial charge in [0.2, 0.25) is 17.7 Å². The van der Waals surface area contributed by atoms with E-state index in [1.807, 2.05) is 0 Å². The molecule has 8 atom stereocenters. The molecule has 0 radical (unpaired) electrons. The van der Waals surface area contributed by atoms with Gasteiger partial charge in [0.05, 0.1) is 19.0 Å². The molecule has 0 bridgehead atoms. The van der Waals surface area contributed by atoms with Crippen molar-refractivity contribution < 1.29 is 42.9 Å². The summed E-state index contributed by atoms with van der Waals surface area (Å²) in [6, 6.07) is -1.39. The maximum Gasteiger partial charge on any atom is 0.313 e. The van der Waals surface area contributed by atoms with Crippen molar-refractivity contribution in [1.29, 1.82) is 0 Å². The molecule has 13 N–H and O–H groups in total. The highest BCUT2D eigenvalue weighted by atomic mass is 32.2. The Balaban J connectivity index is 1.16. The lowest BCUT2D eigenvalue weighted by molar-refractivity contribution is -0.745. The molecule has 23 heteroatoms. The van der Waals surface area contributed by atoms with E-state index in [1.54, 1.807) is 0 Å². The van der Waals surface area contributed by atoms with Crippen LogP contribution in [0.5, 0.6) is 0 Å². The molecule has 2 fully saturated rings. The Morgan fingerprint density at radius 2 is 1.74 bits per heavy atom. The number of nitrogen functional groups attached to an aromatic ring is 2. The predicted octanol–water partition coefficient (Wildman–Crippen LogP) is -6.50. The second kappa shape index (κ2) is 10.6. The first-order valence-electron chi connectivity index (χ1n) is 12.6. The van der Waals surface area contributed by atoms with Crippen molar-refractivity contribution >= 4 is 44.4 Å². The SMILES string of the molecule is Nc1nc2c(ncn2C2OC(CO)C(NS(=O)(=O)NCC3OC([n+]4c[nH]c5c(=O)[nH]c(N)nc54)C(O)C3O)C2O)c(=O)[nH]1. The lowest BCUT2D eigenvalue weighted by atomic mass is 10.1. The molecule has 6 rings (SSSR count). The molecule has 22 nitrogen and oxygen atoms in total. The van der Waals surface area contributed by atoms with Gasteiger partial charge in [0.1, 0.15) is 30.5 Å². The first-order valence-corrected chi connectivity index (χ1v) is 14.1. The molecule has 0 amide bonds. The van der Waals surface area contributed by atoms with Crippen molar-refractivity contribution in [3.8, 4) is 0 Å². The van der Waals surface area contributed by atoms with Crippen molar-refractivity contribution in [3.63, 3.8) is 0 Å². The summed E-state index contributed by atoms with van der Waals surface area (Å²) < 4.78 is 44.1. The summed E-state index contributed by atoms with van der Waals surface area (Å²) in [7, 11) is -4.46. The number of nitrogens with zero attached hydrogens (tertiary/aromatic N) is 5. The highest BCUT2D eigenvalue weighted by molar-refractivity contribution is 7.87. The molecule has 0 spiro atoms. The fourth-order valence-corrected chi connectivity index (χ4v) is 6.24. The van der Waals surface area contributed by atoms with Crippen LogP contribution in [0.25, 0.3) is 22.3 Å². The number of nitrogens with one attached hydrogen (secondary N) is 5. The molecule has 0 saturated carbocycles. The van der Waals surface area contributed by atoms with E-state index in [-0.39, 0.29) is 34.2 Å². The first-order chi connectivity index (χ1) is 20.4. The summed E-state index contributed by atoms with van der Waals surface area (Å²) in [4.78, 5) is 43.4. The largest absolute Gasteiger partial charge is 0.394 e. The van der Waals surface area contributed by atoms with Crippen LogP contribution in [0.15, 0.2) is 22.2 Å². The summed E-state index contributed by atoms with van der Waals surface area (Å²) in [5.41, 5.74) is 9.88. The van der Waals surface area contributed by atoms with Crippen molar-refractivity contribution in [2.75, 3.05) is 24.6 Å². The van der Waals surface area contributed by atoms with E-state index in [1.165, 1.54) is 15.5 Å². The van der Waals surface area contributed by atoms with Gasteiger partial charge in [-0.15, -0.1) is 0 Å². The smallest absolute Gasteiger partial charge is 0.313 e. The third-order valence-corrected chi connectivity index (χ3v) is 8.30. The van der Waals surface area contributed by atoms with Gasteiger partial charge in [-0.2, -0.15) is 22.8 Å². The molecule has 2 aliphatic rings. The third kappa shape index (κ3) is 5.00. The lowest BCUT2D eigenvalue weighted by Gasteiger charge is -2.22. The van der Waals surface area contributed by atoms with E-state index in [0.29, 0.717) is 0 Å². The Labute approximate surface area is 238 Å². The van der Waals surface area contributed by atoms with E-state index >= 15 is 0 Å². The Hall–Kier alpha value is -4.07. The molecule has 8 unspecified atom stereocenters. The van der Waals surface area contributed by atoms with Gasteiger partial charge in [-0.25, -0.2) is 9.55 Å². The maximum atomic E-state index is 13.0. The van der Waals surface area contributed by atoms with Crippen molar-refractivity contribution in [1.82, 2.24) is 43.9 Å². The fourth-order valence-electron chi connectivity index (χ4n) is 5.13. The minimum absolute atomic E-state index is 0.0217. The predicted molar refractivity (Wildman–Crippen MR) is 141 cm³/mol. The zero-order valence-electron chi connectivity index (χ0n) is 21.7. The summed E-state index contributed by atoms with van der Waals surface area (Å²) in [5, 5.41) is 42.0. The Morgan fingerprint density at radius 1 is 1.02 bits per heavy atom. The van der Waals surface area contributed by atoms with Crippen LogP contribution < -0.4 is 36.6 Å². The first kappa shape index (κ1) is 29.0. The van der Waals surface area contributed by atoms with Crippen LogP contribution in [-0.2, 0) is 19.7 Å². The number of aromatic nitrogens is 8. The third-order valence-electron chi connectivity index (χ3n) is 7.17. The second-order valence-corrected chi connectivity index (χ2v) is 11.4. The van der Waals surface area contributed by atoms with Gasteiger partial charge in [-0.3, -0.25) is 29.1 Å². The number of aliphatic hydroxyl groups excluding tert-OH is 4. The quantitative estimate of drug-likeness (QED) is 0.0809. The molecular weight excluding hydrogens is 600 g/mol. The highest BCUT2D eigenvalue weighted by Crippen LogP contribution is 2.31. The normalized spacial score (nSPS) is 29.7. The number of rotatable bonds is 8. The topological polar surface area (TPSA) is 339 Å². The van der Waals surface area contributed by atoms with Crippen LogP contribution in [0.4, 0.5) is 11.9 Å². The minimum Gasteiger partial charge on any atom is -0.394 e. The average Bonchev–Trinajstić information content (AvgIpc) is 3.69. The number of imidazole rings is 2. The molecule has 4 aromatic heterocycles. The molecule has 6 heterocycles. The average molecular weight is 628 g/mol. The maximum absolute atomic E-state index is 13.0. The molecule has 2 saturated heterocycles. The van der Waals surface area contributed by atoms with Gasteiger partial charge in [0.25, 0.3) is 27.3 Å². The van der Waals surface area contributed by atoms with Gasteiger partial charge in [-0.1, -0.05) is 4.98 Å². The number of anilines is 2. The van der Waals surface area contributed by atoms with Crippen molar-refractivity contribution in [2.24, 2.45) is 0 Å². The van der Waals surface area contributed by atoms with Crippen LogP contribution in [0.3, 0.4) is 0 Å². The number of fused-ring (bicyclic) bond motifs is 2. The van der Waals surface area contributed by atoms with Gasteiger partial charge in [-0.05, 0) is 0 Å². The van der Waals surface area contributed by atoms with Crippen LogP contribution in [-0.4, -0.2) is 113 Å². The Kier molecular flexibility index (Phi) is 7.14. The molecule has 0 aliphatic carbocycles. The summed E-state index contributed by atoms with van der Waals surface area (Å²) >= 11 is 0. The number of aromatic amines is 3. The van der Waals surface area contributed by atoms with Gasteiger partial charge in [0.15, 0.2) is 23.7 Å². The fraction of sp³-hybridized carbons (Fsp3) is 0.500. The molecule has 4 aromatic rings. The summed E-state index contributed by atoms with van der Waals surface area (Å²) in [6.07, 6.45) is -7.41. The summed E-state index contributed by atoms with van der Waals surface area (Å²) in [6.45, 7) is -1.25. The zero-order valence-corrected chi connectivity index (χ0v) is 22.5. The van der Waals surface area contributed by atoms with E-state index in [2.05, 4.69) is 39.3 Å². The molecule has 232 valence electrons. The number of H-pyrrole nitrogens is 3. The Bertz CT molecular complexity index is 1910. The lowest BCUT2D eigenvalue weighted by Crippen LogP contribution is -2.53.